The lowest BCUT2D eigenvalue weighted by Crippen LogP contribution is -2.12. The van der Waals surface area contributed by atoms with Gasteiger partial charge >= 0.3 is 11.9 Å². The van der Waals surface area contributed by atoms with Crippen LogP contribution in [0, 0.1) is 0 Å². The van der Waals surface area contributed by atoms with Gasteiger partial charge in [-0.3, -0.25) is 0 Å². The Hall–Kier alpha value is -2.13. The standard InChI is InChI=1S/C14H10O3.ClH/c15-13(11-7-3-1-4-8-11)17-14(16)12-9-5-2-6-10-12;/h1-10H;1H. The maximum Gasteiger partial charge on any atom is 0.346 e. The van der Waals surface area contributed by atoms with Gasteiger partial charge in [-0.15, -0.1) is 12.4 Å². The smallest absolute Gasteiger partial charge is 0.346 e. The van der Waals surface area contributed by atoms with E-state index in [1.54, 1.807) is 60.7 Å². The zero-order valence-corrected chi connectivity index (χ0v) is 10.2. The van der Waals surface area contributed by atoms with E-state index in [4.69, 9.17) is 4.74 Å². The fourth-order valence-electron chi connectivity index (χ4n) is 1.35. The molecule has 2 aromatic rings. The Kier molecular flexibility index (Phi) is 5.08. The molecule has 0 bridgehead atoms. The summed E-state index contributed by atoms with van der Waals surface area (Å²) < 4.78 is 4.74. The number of hydrogen-bond donors (Lipinski definition) is 0. The Morgan fingerprint density at radius 3 is 1.33 bits per heavy atom. The lowest BCUT2D eigenvalue weighted by molar-refractivity contribution is 0.0398. The van der Waals surface area contributed by atoms with Gasteiger partial charge < -0.3 is 4.74 Å². The molecule has 0 spiro atoms. The lowest BCUT2D eigenvalue weighted by Gasteiger charge is -2.02. The number of benzene rings is 2. The Bertz CT molecular complexity index is 474. The number of carbonyl (C=O) groups excluding carboxylic acids is 2. The van der Waals surface area contributed by atoms with Gasteiger partial charge in [0.2, 0.25) is 0 Å². The van der Waals surface area contributed by atoms with Crippen molar-refractivity contribution in [1.29, 1.82) is 0 Å². The number of hydrogen-bond acceptors (Lipinski definition) is 3. The van der Waals surface area contributed by atoms with Gasteiger partial charge in [0.25, 0.3) is 0 Å². The molecule has 0 aromatic heterocycles. The number of ether oxygens (including phenoxy) is 1. The third kappa shape index (κ3) is 3.43. The molecule has 0 aliphatic rings. The van der Waals surface area contributed by atoms with Crippen LogP contribution in [0.4, 0.5) is 0 Å². The molecule has 0 saturated heterocycles. The van der Waals surface area contributed by atoms with Gasteiger partial charge in [-0.05, 0) is 24.3 Å². The zero-order chi connectivity index (χ0) is 12.1. The predicted octanol–water partition coefficient (Wildman–Crippen LogP) is 3.11. The van der Waals surface area contributed by atoms with E-state index in [2.05, 4.69) is 0 Å². The first kappa shape index (κ1) is 13.9. The topological polar surface area (TPSA) is 43.4 Å². The van der Waals surface area contributed by atoms with Crippen molar-refractivity contribution in [3.63, 3.8) is 0 Å². The Labute approximate surface area is 111 Å². The van der Waals surface area contributed by atoms with Gasteiger partial charge in [-0.1, -0.05) is 36.4 Å². The van der Waals surface area contributed by atoms with Crippen molar-refractivity contribution in [3.05, 3.63) is 71.8 Å². The first-order valence-electron chi connectivity index (χ1n) is 5.14. The summed E-state index contributed by atoms with van der Waals surface area (Å²) in [7, 11) is 0. The maximum absolute atomic E-state index is 11.6. The molecule has 3 nitrogen and oxygen atoms in total. The lowest BCUT2D eigenvalue weighted by atomic mass is 10.2. The molecule has 4 heteroatoms. The van der Waals surface area contributed by atoms with E-state index < -0.39 is 11.9 Å². The summed E-state index contributed by atoms with van der Waals surface area (Å²) in [6.45, 7) is 0. The minimum Gasteiger partial charge on any atom is -0.386 e. The quantitative estimate of drug-likeness (QED) is 0.617. The molecule has 0 aliphatic carbocycles. The third-order valence-corrected chi connectivity index (χ3v) is 2.20. The molecule has 0 N–H and O–H groups in total. The van der Waals surface area contributed by atoms with Crippen LogP contribution < -0.4 is 0 Å². The normalized spacial score (nSPS) is 9.11. The largest absolute Gasteiger partial charge is 0.386 e. The molecule has 2 aromatic carbocycles. The molecule has 0 heterocycles. The summed E-state index contributed by atoms with van der Waals surface area (Å²) in [5.74, 6) is -1.28. The Morgan fingerprint density at radius 2 is 1.00 bits per heavy atom. The highest BCUT2D eigenvalue weighted by Crippen LogP contribution is 2.05. The third-order valence-electron chi connectivity index (χ3n) is 2.20. The van der Waals surface area contributed by atoms with E-state index in [9.17, 15) is 9.59 Å². The van der Waals surface area contributed by atoms with Crippen molar-refractivity contribution < 1.29 is 14.3 Å². The number of rotatable bonds is 2. The van der Waals surface area contributed by atoms with Crippen LogP contribution in [0.1, 0.15) is 20.7 Å². The average molecular weight is 263 g/mol. The second-order valence-electron chi connectivity index (χ2n) is 3.41. The van der Waals surface area contributed by atoms with E-state index in [-0.39, 0.29) is 12.4 Å². The highest BCUT2D eigenvalue weighted by molar-refractivity contribution is 6.02. The molecule has 0 amide bonds. The van der Waals surface area contributed by atoms with Crippen molar-refractivity contribution in [3.8, 4) is 0 Å². The highest BCUT2D eigenvalue weighted by atomic mass is 35.5. The molecule has 0 saturated carbocycles. The second kappa shape index (κ2) is 6.57. The Morgan fingerprint density at radius 1 is 0.667 bits per heavy atom. The minimum absolute atomic E-state index is 0. The van der Waals surface area contributed by atoms with Gasteiger partial charge in [0.05, 0.1) is 11.1 Å². The van der Waals surface area contributed by atoms with Crippen molar-refractivity contribution in [1.82, 2.24) is 0 Å². The number of carbonyl (C=O) groups is 2. The van der Waals surface area contributed by atoms with Gasteiger partial charge in [-0.25, -0.2) is 9.59 Å². The van der Waals surface area contributed by atoms with Crippen LogP contribution in [0.2, 0.25) is 0 Å². The van der Waals surface area contributed by atoms with Crippen molar-refractivity contribution in [2.75, 3.05) is 0 Å². The van der Waals surface area contributed by atoms with E-state index in [0.717, 1.165) is 0 Å². The zero-order valence-electron chi connectivity index (χ0n) is 9.41. The molecule has 0 fully saturated rings. The van der Waals surface area contributed by atoms with E-state index in [0.29, 0.717) is 11.1 Å². The molecule has 18 heavy (non-hydrogen) atoms. The molecule has 0 atom stereocenters. The monoisotopic (exact) mass is 262 g/mol. The van der Waals surface area contributed by atoms with E-state index >= 15 is 0 Å². The summed E-state index contributed by atoms with van der Waals surface area (Å²) in [4.78, 5) is 23.2. The van der Waals surface area contributed by atoms with Crippen LogP contribution in [0.5, 0.6) is 0 Å². The van der Waals surface area contributed by atoms with Gasteiger partial charge in [0.1, 0.15) is 0 Å². The van der Waals surface area contributed by atoms with E-state index in [1.807, 2.05) is 0 Å². The molecule has 2 rings (SSSR count). The van der Waals surface area contributed by atoms with Crippen LogP contribution in [-0.4, -0.2) is 11.9 Å². The molecule has 0 radical (unpaired) electrons. The summed E-state index contributed by atoms with van der Waals surface area (Å²) in [5.41, 5.74) is 0.716. The van der Waals surface area contributed by atoms with Crippen LogP contribution in [-0.2, 0) is 4.74 Å². The molecule has 92 valence electrons. The maximum atomic E-state index is 11.6. The first-order valence-corrected chi connectivity index (χ1v) is 5.14. The number of esters is 2. The van der Waals surface area contributed by atoms with E-state index in [1.165, 1.54) is 0 Å². The van der Waals surface area contributed by atoms with Crippen LogP contribution in [0.15, 0.2) is 60.7 Å². The fraction of sp³-hybridized carbons (Fsp3) is 0. The summed E-state index contributed by atoms with van der Waals surface area (Å²) in [6.07, 6.45) is 0. The fourth-order valence-corrected chi connectivity index (χ4v) is 1.35. The molecule has 0 aliphatic heterocycles. The highest BCUT2D eigenvalue weighted by Gasteiger charge is 2.13. The molecule has 0 unspecified atom stereocenters. The average Bonchev–Trinajstić information content (AvgIpc) is 2.40. The second-order valence-corrected chi connectivity index (χ2v) is 3.41. The summed E-state index contributed by atoms with van der Waals surface area (Å²) >= 11 is 0. The molecular weight excluding hydrogens is 252 g/mol. The Balaban J connectivity index is 0.00000162. The minimum atomic E-state index is -0.639. The van der Waals surface area contributed by atoms with Crippen LogP contribution in [0.3, 0.4) is 0 Å². The predicted molar refractivity (Wildman–Crippen MR) is 69.9 cm³/mol. The molecular formula is C14H11ClO3. The SMILES string of the molecule is Cl.O=C(OC(=O)c1ccccc1)c1ccccc1. The number of halogens is 1. The van der Waals surface area contributed by atoms with Crippen molar-refractivity contribution in [2.24, 2.45) is 0 Å². The first-order chi connectivity index (χ1) is 8.27. The van der Waals surface area contributed by atoms with Crippen LogP contribution >= 0.6 is 12.4 Å². The van der Waals surface area contributed by atoms with Gasteiger partial charge in [-0.2, -0.15) is 0 Å². The van der Waals surface area contributed by atoms with Gasteiger partial charge in [0.15, 0.2) is 0 Å². The van der Waals surface area contributed by atoms with Crippen LogP contribution in [0.25, 0.3) is 0 Å². The van der Waals surface area contributed by atoms with Gasteiger partial charge in [0, 0.05) is 0 Å². The van der Waals surface area contributed by atoms with Crippen molar-refractivity contribution >= 4 is 24.3 Å². The van der Waals surface area contributed by atoms with Crippen molar-refractivity contribution in [2.45, 2.75) is 0 Å². The summed E-state index contributed by atoms with van der Waals surface area (Å²) in [6, 6.07) is 16.8. The summed E-state index contributed by atoms with van der Waals surface area (Å²) in [5, 5.41) is 0.